The van der Waals surface area contributed by atoms with Crippen molar-refractivity contribution in [1.29, 1.82) is 0 Å². The van der Waals surface area contributed by atoms with Gasteiger partial charge in [-0.15, -0.1) is 0 Å². The van der Waals surface area contributed by atoms with Crippen molar-refractivity contribution in [2.24, 2.45) is 0 Å². The number of aromatic hydroxyl groups is 1. The first-order chi connectivity index (χ1) is 12.9. The van der Waals surface area contributed by atoms with Gasteiger partial charge in [0.2, 0.25) is 5.91 Å². The predicted octanol–water partition coefficient (Wildman–Crippen LogP) is 0.778. The van der Waals surface area contributed by atoms with E-state index in [0.29, 0.717) is 13.1 Å². The highest BCUT2D eigenvalue weighted by Gasteiger charge is 2.33. The van der Waals surface area contributed by atoms with E-state index in [-0.39, 0.29) is 23.7 Å². The van der Waals surface area contributed by atoms with Crippen molar-refractivity contribution < 1.29 is 14.7 Å². The first-order valence-corrected chi connectivity index (χ1v) is 8.88. The third-order valence-electron chi connectivity index (χ3n) is 5.19. The number of hydrogen-bond donors (Lipinski definition) is 3. The maximum absolute atomic E-state index is 12.4. The molecule has 0 aromatic heterocycles. The summed E-state index contributed by atoms with van der Waals surface area (Å²) in [7, 11) is 1.82. The molecule has 2 aromatic rings. The zero-order valence-electron chi connectivity index (χ0n) is 15.2. The van der Waals surface area contributed by atoms with Gasteiger partial charge in [-0.3, -0.25) is 4.79 Å². The van der Waals surface area contributed by atoms with Gasteiger partial charge in [-0.1, -0.05) is 36.4 Å². The molecule has 2 aliphatic heterocycles. The SMILES string of the molecule is Bc1cc(C2NC(=O)NC3=C2CN(C(C)=O)Cc2ccccc23)ccc1O. The molecule has 7 heteroatoms. The third-order valence-corrected chi connectivity index (χ3v) is 5.19. The van der Waals surface area contributed by atoms with Gasteiger partial charge in [0.25, 0.3) is 0 Å². The van der Waals surface area contributed by atoms with Crippen LogP contribution < -0.4 is 16.1 Å². The van der Waals surface area contributed by atoms with Crippen molar-refractivity contribution >= 4 is 30.9 Å². The number of phenolic OH excluding ortho intramolecular Hbond substituents is 1. The monoisotopic (exact) mass is 361 g/mol. The molecule has 0 fully saturated rings. The Morgan fingerprint density at radius 1 is 1.22 bits per heavy atom. The number of benzene rings is 2. The van der Waals surface area contributed by atoms with Crippen LogP contribution in [0.3, 0.4) is 0 Å². The second kappa shape index (κ2) is 6.50. The van der Waals surface area contributed by atoms with Crippen LogP contribution in [0.15, 0.2) is 48.0 Å². The minimum absolute atomic E-state index is 0.0175. The van der Waals surface area contributed by atoms with Gasteiger partial charge in [-0.25, -0.2) is 4.79 Å². The van der Waals surface area contributed by atoms with Crippen LogP contribution in [0.5, 0.6) is 5.75 Å². The van der Waals surface area contributed by atoms with Crippen molar-refractivity contribution in [3.05, 3.63) is 64.7 Å². The minimum atomic E-state index is -0.374. The molecule has 27 heavy (non-hydrogen) atoms. The van der Waals surface area contributed by atoms with Crippen LogP contribution in [0.4, 0.5) is 4.79 Å². The summed E-state index contributed by atoms with van der Waals surface area (Å²) in [5, 5.41) is 15.8. The molecule has 3 N–H and O–H groups in total. The maximum Gasteiger partial charge on any atom is 0.320 e. The summed E-state index contributed by atoms with van der Waals surface area (Å²) in [6.07, 6.45) is 0. The molecular formula is C20H20BN3O3. The van der Waals surface area contributed by atoms with Gasteiger partial charge in [0.15, 0.2) is 0 Å². The first-order valence-electron chi connectivity index (χ1n) is 8.88. The number of hydrogen-bond acceptors (Lipinski definition) is 3. The summed E-state index contributed by atoms with van der Waals surface area (Å²) in [4.78, 5) is 26.4. The van der Waals surface area contributed by atoms with E-state index < -0.39 is 0 Å². The Balaban J connectivity index is 1.90. The van der Waals surface area contributed by atoms with E-state index in [9.17, 15) is 14.7 Å². The van der Waals surface area contributed by atoms with Crippen molar-refractivity contribution in [3.63, 3.8) is 0 Å². The Bertz CT molecular complexity index is 986. The van der Waals surface area contributed by atoms with Crippen LogP contribution in [-0.2, 0) is 11.3 Å². The second-order valence-electron chi connectivity index (χ2n) is 7.01. The van der Waals surface area contributed by atoms with Gasteiger partial charge < -0.3 is 20.6 Å². The molecule has 1 unspecified atom stereocenters. The average molecular weight is 361 g/mol. The van der Waals surface area contributed by atoms with Crippen molar-refractivity contribution in [3.8, 4) is 5.75 Å². The van der Waals surface area contributed by atoms with Crippen LogP contribution in [-0.4, -0.2) is 36.3 Å². The van der Waals surface area contributed by atoms with E-state index in [2.05, 4.69) is 10.6 Å². The average Bonchev–Trinajstić information content (AvgIpc) is 2.81. The first kappa shape index (κ1) is 17.2. The van der Waals surface area contributed by atoms with Gasteiger partial charge in [-0.2, -0.15) is 0 Å². The predicted molar refractivity (Wildman–Crippen MR) is 105 cm³/mol. The Morgan fingerprint density at radius 3 is 2.74 bits per heavy atom. The Kier molecular flexibility index (Phi) is 4.14. The zero-order valence-corrected chi connectivity index (χ0v) is 15.2. The fourth-order valence-corrected chi connectivity index (χ4v) is 3.74. The quantitative estimate of drug-likeness (QED) is 0.657. The lowest BCUT2D eigenvalue weighted by Gasteiger charge is -2.32. The Labute approximate surface area is 158 Å². The normalized spacial score (nSPS) is 18.8. The topological polar surface area (TPSA) is 81.7 Å². The summed E-state index contributed by atoms with van der Waals surface area (Å²) < 4.78 is 0. The summed E-state index contributed by atoms with van der Waals surface area (Å²) in [5.74, 6) is 0.195. The number of nitrogens with zero attached hydrogens (tertiary/aromatic N) is 1. The van der Waals surface area contributed by atoms with Gasteiger partial charge in [-0.05, 0) is 22.7 Å². The molecule has 0 radical (unpaired) electrons. The molecule has 4 rings (SSSR count). The highest BCUT2D eigenvalue weighted by molar-refractivity contribution is 6.34. The Hall–Kier alpha value is -3.22. The molecule has 1 atom stereocenters. The molecule has 0 bridgehead atoms. The third kappa shape index (κ3) is 3.05. The highest BCUT2D eigenvalue weighted by Crippen LogP contribution is 2.35. The molecule has 0 aliphatic carbocycles. The van der Waals surface area contributed by atoms with E-state index in [1.165, 1.54) is 0 Å². The molecule has 0 saturated heterocycles. The number of fused-ring (bicyclic) bond motifs is 2. The van der Waals surface area contributed by atoms with Gasteiger partial charge in [0.1, 0.15) is 13.6 Å². The minimum Gasteiger partial charge on any atom is -0.509 e. The van der Waals surface area contributed by atoms with E-state index in [0.717, 1.165) is 33.4 Å². The number of carbonyl (C=O) groups is 2. The van der Waals surface area contributed by atoms with Gasteiger partial charge >= 0.3 is 6.03 Å². The van der Waals surface area contributed by atoms with Gasteiger partial charge in [0, 0.05) is 31.1 Å². The fourth-order valence-electron chi connectivity index (χ4n) is 3.74. The number of nitrogens with one attached hydrogen (secondary N) is 2. The maximum atomic E-state index is 12.4. The van der Waals surface area contributed by atoms with Crippen LogP contribution in [0, 0.1) is 0 Å². The lowest BCUT2D eigenvalue weighted by molar-refractivity contribution is -0.129. The highest BCUT2D eigenvalue weighted by atomic mass is 16.3. The van der Waals surface area contributed by atoms with Crippen molar-refractivity contribution in [1.82, 2.24) is 15.5 Å². The van der Waals surface area contributed by atoms with Gasteiger partial charge in [0.05, 0.1) is 11.7 Å². The molecule has 2 aliphatic rings. The summed E-state index contributed by atoms with van der Waals surface area (Å²) >= 11 is 0. The van der Waals surface area contributed by atoms with E-state index in [1.807, 2.05) is 38.2 Å². The number of amides is 3. The summed E-state index contributed by atoms with van der Waals surface area (Å²) in [6.45, 7) is 2.47. The zero-order chi connectivity index (χ0) is 19.1. The molecule has 136 valence electrons. The van der Waals surface area contributed by atoms with Crippen LogP contribution in [0.2, 0.25) is 0 Å². The molecule has 3 amide bonds. The van der Waals surface area contributed by atoms with Crippen molar-refractivity contribution in [2.45, 2.75) is 19.5 Å². The second-order valence-corrected chi connectivity index (χ2v) is 7.01. The van der Waals surface area contributed by atoms with E-state index in [4.69, 9.17) is 0 Å². The fraction of sp³-hybridized carbons (Fsp3) is 0.200. The van der Waals surface area contributed by atoms with Crippen LogP contribution in [0.25, 0.3) is 5.70 Å². The number of urea groups is 1. The molecule has 0 saturated carbocycles. The number of carbonyl (C=O) groups excluding carboxylic acids is 2. The number of phenols is 1. The lowest BCUT2D eigenvalue weighted by Crippen LogP contribution is -2.45. The van der Waals surface area contributed by atoms with Crippen molar-refractivity contribution in [2.75, 3.05) is 6.54 Å². The molecular weight excluding hydrogens is 341 g/mol. The van der Waals surface area contributed by atoms with E-state index in [1.54, 1.807) is 24.0 Å². The van der Waals surface area contributed by atoms with E-state index >= 15 is 0 Å². The van der Waals surface area contributed by atoms with Crippen LogP contribution in [0.1, 0.15) is 29.7 Å². The van der Waals surface area contributed by atoms with Crippen LogP contribution >= 0.6 is 0 Å². The molecule has 0 spiro atoms. The summed E-state index contributed by atoms with van der Waals surface area (Å²) in [6, 6.07) is 12.5. The lowest BCUT2D eigenvalue weighted by atomic mass is 9.87. The molecule has 2 aromatic carbocycles. The molecule has 6 nitrogen and oxygen atoms in total. The number of rotatable bonds is 1. The largest absolute Gasteiger partial charge is 0.509 e. The standard InChI is InChI=1S/C20H20BN3O3/c1-11(25)24-9-13-4-2-3-5-14(13)19-15(10-24)18(22-20(27)23-19)12-6-7-17(26)16(21)8-12/h2-8,18,26H,9-10,21H2,1H3,(H2,22,23,27). The Morgan fingerprint density at radius 2 is 2.00 bits per heavy atom. The molecule has 2 heterocycles. The summed E-state index contributed by atoms with van der Waals surface area (Å²) in [5.41, 5.74) is 5.23. The smallest absolute Gasteiger partial charge is 0.320 e.